The Morgan fingerprint density at radius 1 is 0.833 bits per heavy atom. The van der Waals surface area contributed by atoms with Gasteiger partial charge in [0.2, 0.25) is 0 Å². The van der Waals surface area contributed by atoms with Gasteiger partial charge >= 0.3 is 0 Å². The largest absolute Gasteiger partial charge is 0.305 e. The fourth-order valence-electron chi connectivity index (χ4n) is 4.17. The molecule has 3 aromatic carbocycles. The lowest BCUT2D eigenvalue weighted by molar-refractivity contribution is 1.47. The molecule has 0 bridgehead atoms. The Morgan fingerprint density at radius 3 is 2.03 bits per heavy atom. The molecule has 0 amide bonds. The van der Waals surface area contributed by atoms with Gasteiger partial charge in [0.15, 0.2) is 0 Å². The van der Waals surface area contributed by atoms with E-state index in [1.54, 1.807) is 11.3 Å². The molecule has 0 atom stereocenters. The molecule has 0 fully saturated rings. The zero-order valence-corrected chi connectivity index (χ0v) is 18.3. The van der Waals surface area contributed by atoms with Gasteiger partial charge in [-0.2, -0.15) is 0 Å². The zero-order chi connectivity index (χ0) is 20.6. The lowest BCUT2D eigenvalue weighted by Crippen LogP contribution is -2.26. The van der Waals surface area contributed by atoms with Crippen LogP contribution in [0.15, 0.2) is 108 Å². The van der Waals surface area contributed by atoms with Gasteiger partial charge in [0.25, 0.3) is 0 Å². The van der Waals surface area contributed by atoms with Gasteiger partial charge in [-0.25, -0.2) is 4.98 Å². The summed E-state index contributed by atoms with van der Waals surface area (Å²) < 4.78 is 1.19. The number of hydrogen-bond acceptors (Lipinski definition) is 3. The van der Waals surface area contributed by atoms with Gasteiger partial charge < -0.3 is 5.41 Å². The lowest BCUT2D eigenvalue weighted by atomic mass is 10.3. The van der Waals surface area contributed by atoms with Gasteiger partial charge in [0.05, 0.1) is 10.2 Å². The molecule has 0 saturated heterocycles. The first-order valence-electron chi connectivity index (χ1n) is 9.89. The van der Waals surface area contributed by atoms with E-state index in [0.29, 0.717) is 5.71 Å². The van der Waals surface area contributed by atoms with Gasteiger partial charge in [-0.15, -0.1) is 11.3 Å². The lowest BCUT2D eigenvalue weighted by Gasteiger charge is -2.34. The van der Waals surface area contributed by atoms with Gasteiger partial charge in [0.1, 0.15) is 5.01 Å². The van der Waals surface area contributed by atoms with Crippen LogP contribution < -0.4 is 10.6 Å². The monoisotopic (exact) mass is 424 g/mol. The fraction of sp³-hybridized carbons (Fsp3) is 0.0385. The third-order valence-corrected chi connectivity index (χ3v) is 11.1. The fourth-order valence-corrected chi connectivity index (χ4v) is 9.97. The van der Waals surface area contributed by atoms with Crippen LogP contribution in [-0.4, -0.2) is 16.0 Å². The number of thiazole rings is 1. The average molecular weight is 425 g/mol. The summed E-state index contributed by atoms with van der Waals surface area (Å²) in [6, 6.07) is 29.7. The van der Waals surface area contributed by atoms with Crippen LogP contribution in [0.25, 0.3) is 10.2 Å². The molecule has 0 saturated carbocycles. The predicted octanol–water partition coefficient (Wildman–Crippen LogP) is 5.98. The molecular formula is C26H21N2PS. The second-order valence-corrected chi connectivity index (χ2v) is 11.6. The zero-order valence-electron chi connectivity index (χ0n) is 16.6. The highest BCUT2D eigenvalue weighted by Crippen LogP contribution is 2.58. The van der Waals surface area contributed by atoms with Crippen molar-refractivity contribution in [3.05, 3.63) is 113 Å². The van der Waals surface area contributed by atoms with E-state index in [0.717, 1.165) is 15.8 Å². The van der Waals surface area contributed by atoms with Crippen LogP contribution in [0.3, 0.4) is 0 Å². The standard InChI is InChI=1S/C26H21N2PS/c1-19(27)23-16-10-17-24(26-28-22-15-8-9-18-25(22)30-26)29(23,20-11-4-2-5-12-20)21-13-6-3-7-14-21/h2-18,27H,1H3. The van der Waals surface area contributed by atoms with Crippen LogP contribution in [0.4, 0.5) is 0 Å². The Kier molecular flexibility index (Phi) is 4.86. The van der Waals surface area contributed by atoms with Crippen LogP contribution in [0.1, 0.15) is 11.9 Å². The minimum atomic E-state index is -2.23. The minimum absolute atomic E-state index is 0.610. The van der Waals surface area contributed by atoms with Crippen molar-refractivity contribution < 1.29 is 0 Å². The molecule has 0 unspecified atom stereocenters. The van der Waals surface area contributed by atoms with Crippen LogP contribution in [0.5, 0.6) is 0 Å². The molecule has 1 aliphatic rings. The molecule has 4 heteroatoms. The molecule has 30 heavy (non-hydrogen) atoms. The Balaban J connectivity index is 1.99. The van der Waals surface area contributed by atoms with Crippen molar-refractivity contribution in [1.82, 2.24) is 4.98 Å². The molecule has 4 aromatic rings. The van der Waals surface area contributed by atoms with E-state index in [1.807, 2.05) is 13.0 Å². The number of benzene rings is 3. The number of nitrogens with zero attached hydrogens (tertiary/aromatic N) is 1. The molecule has 1 N–H and O–H groups in total. The second kappa shape index (κ2) is 7.68. The molecule has 2 heterocycles. The SMILES string of the molecule is CC(=N)C1=CC=CC(c2nc3ccccc3s2)=P1(c1ccccc1)c1ccccc1. The number of aromatic nitrogens is 1. The van der Waals surface area contributed by atoms with Crippen LogP contribution in [0.2, 0.25) is 0 Å². The Bertz CT molecular complexity index is 1290. The first-order valence-corrected chi connectivity index (χ1v) is 12.5. The van der Waals surface area contributed by atoms with Gasteiger partial charge in [-0.3, -0.25) is 0 Å². The molecule has 1 aromatic heterocycles. The molecule has 146 valence electrons. The van der Waals surface area contributed by atoms with Crippen molar-refractivity contribution in [3.8, 4) is 0 Å². The maximum absolute atomic E-state index is 8.70. The van der Waals surface area contributed by atoms with Crippen molar-refractivity contribution in [2.75, 3.05) is 0 Å². The summed E-state index contributed by atoms with van der Waals surface area (Å²) in [6.45, 7) is -0.330. The predicted molar refractivity (Wildman–Crippen MR) is 133 cm³/mol. The summed E-state index contributed by atoms with van der Waals surface area (Å²) in [5.74, 6) is 0. The number of fused-ring (bicyclic) bond motifs is 1. The molecule has 2 nitrogen and oxygen atoms in total. The minimum Gasteiger partial charge on any atom is -0.305 e. The molecule has 5 rings (SSSR count). The van der Waals surface area contributed by atoms with E-state index in [4.69, 9.17) is 10.4 Å². The van der Waals surface area contributed by atoms with E-state index in [9.17, 15) is 0 Å². The van der Waals surface area contributed by atoms with Crippen LogP contribution >= 0.6 is 18.2 Å². The molecule has 0 radical (unpaired) electrons. The van der Waals surface area contributed by atoms with E-state index in [2.05, 4.69) is 97.1 Å². The highest BCUT2D eigenvalue weighted by atomic mass is 32.1. The van der Waals surface area contributed by atoms with Crippen LogP contribution in [-0.2, 0) is 0 Å². The summed E-state index contributed by atoms with van der Waals surface area (Å²) in [5, 5.41) is 14.6. The van der Waals surface area contributed by atoms with Crippen LogP contribution in [0, 0.1) is 5.41 Å². The quantitative estimate of drug-likeness (QED) is 0.318. The third kappa shape index (κ3) is 2.94. The smallest absolute Gasteiger partial charge is 0.125 e. The third-order valence-electron chi connectivity index (χ3n) is 5.42. The molecular weight excluding hydrogens is 403 g/mol. The van der Waals surface area contributed by atoms with Crippen molar-refractivity contribution in [1.29, 1.82) is 5.41 Å². The maximum Gasteiger partial charge on any atom is 0.125 e. The first kappa shape index (κ1) is 19.0. The Hall–Kier alpha value is -3.00. The summed E-state index contributed by atoms with van der Waals surface area (Å²) in [6.07, 6.45) is 6.43. The Morgan fingerprint density at radius 2 is 1.43 bits per heavy atom. The van der Waals surface area contributed by atoms with E-state index >= 15 is 0 Å². The highest BCUT2D eigenvalue weighted by molar-refractivity contribution is 7.94. The van der Waals surface area contributed by atoms with Gasteiger partial charge in [-0.05, 0) is 36.6 Å². The topological polar surface area (TPSA) is 36.7 Å². The number of nitrogens with one attached hydrogen (secondary N) is 1. The average Bonchev–Trinajstić information content (AvgIpc) is 3.23. The normalized spacial score (nSPS) is 15.2. The number of allylic oxidation sites excluding steroid dienone is 4. The maximum atomic E-state index is 8.70. The van der Waals surface area contributed by atoms with Crippen molar-refractivity contribution in [2.24, 2.45) is 0 Å². The summed E-state index contributed by atoms with van der Waals surface area (Å²) >= 11 is 1.74. The molecule has 0 aliphatic carbocycles. The van der Waals surface area contributed by atoms with Gasteiger partial charge in [-0.1, -0.05) is 91.0 Å². The summed E-state index contributed by atoms with van der Waals surface area (Å²) in [7, 11) is 0. The van der Waals surface area contributed by atoms with Gasteiger partial charge in [0, 0.05) is 16.3 Å². The first-order chi connectivity index (χ1) is 14.7. The molecule has 1 aliphatic heterocycles. The van der Waals surface area contributed by atoms with Crippen molar-refractivity contribution >= 4 is 50.1 Å². The number of hydrogen-bond donors (Lipinski definition) is 1. The van der Waals surface area contributed by atoms with E-state index < -0.39 is 6.89 Å². The van der Waals surface area contributed by atoms with E-state index in [1.165, 1.54) is 20.6 Å². The second-order valence-electron chi connectivity index (χ2n) is 7.25. The number of rotatable bonds is 4. The Labute approximate surface area is 180 Å². The number of para-hydroxylation sites is 1. The highest BCUT2D eigenvalue weighted by Gasteiger charge is 2.34. The summed E-state index contributed by atoms with van der Waals surface area (Å²) in [5.41, 5.74) is 1.64. The molecule has 0 spiro atoms. The summed E-state index contributed by atoms with van der Waals surface area (Å²) in [4.78, 5) is 5.04. The van der Waals surface area contributed by atoms with Crippen molar-refractivity contribution in [2.45, 2.75) is 6.92 Å². The van der Waals surface area contributed by atoms with E-state index in [-0.39, 0.29) is 0 Å². The van der Waals surface area contributed by atoms with Crippen molar-refractivity contribution in [3.63, 3.8) is 0 Å².